The van der Waals surface area contributed by atoms with Gasteiger partial charge in [-0.3, -0.25) is 19.2 Å². The summed E-state index contributed by atoms with van der Waals surface area (Å²) < 4.78 is 0. The Kier molecular flexibility index (Phi) is 11.9. The number of carboxylic acid groups (broad SMARTS) is 2. The number of nitrogens with two attached hydrogens (primary N) is 1. The van der Waals surface area contributed by atoms with Crippen molar-refractivity contribution in [1.82, 2.24) is 25.9 Å². The quantitative estimate of drug-likeness (QED) is 0.164. The van der Waals surface area contributed by atoms with Gasteiger partial charge in [0.2, 0.25) is 17.7 Å². The minimum atomic E-state index is -1.32. The van der Waals surface area contributed by atoms with Gasteiger partial charge in [0.05, 0.1) is 12.4 Å². The van der Waals surface area contributed by atoms with Crippen molar-refractivity contribution in [3.8, 4) is 0 Å². The van der Waals surface area contributed by atoms with E-state index in [1.54, 1.807) is 13.8 Å². The second kappa shape index (κ2) is 14.0. The van der Waals surface area contributed by atoms with Crippen molar-refractivity contribution in [2.24, 2.45) is 17.6 Å². The van der Waals surface area contributed by atoms with Gasteiger partial charge < -0.3 is 36.9 Å². The van der Waals surface area contributed by atoms with Gasteiger partial charge in [-0.15, -0.1) is 0 Å². The SMILES string of the molecule is CC(C)CC(NC(=O)C(N)Cc1cnc[nH]1)C(=O)NC(CCC(=O)O)C(=O)NC(C(=O)O)C(C)C. The van der Waals surface area contributed by atoms with Crippen molar-refractivity contribution in [2.75, 3.05) is 0 Å². The van der Waals surface area contributed by atoms with E-state index in [1.165, 1.54) is 12.5 Å². The van der Waals surface area contributed by atoms with Crippen LogP contribution in [0.25, 0.3) is 0 Å². The molecule has 1 aromatic heterocycles. The summed E-state index contributed by atoms with van der Waals surface area (Å²) in [7, 11) is 0. The number of carbonyl (C=O) groups is 5. The fraction of sp³-hybridized carbons (Fsp3) is 0.636. The van der Waals surface area contributed by atoms with Gasteiger partial charge in [0.15, 0.2) is 0 Å². The highest BCUT2D eigenvalue weighted by molar-refractivity contribution is 5.94. The lowest BCUT2D eigenvalue weighted by Crippen LogP contribution is -2.58. The van der Waals surface area contributed by atoms with Gasteiger partial charge in [-0.1, -0.05) is 27.7 Å². The van der Waals surface area contributed by atoms with E-state index in [9.17, 15) is 29.1 Å². The molecule has 4 atom stereocenters. The molecular weight excluding hydrogens is 460 g/mol. The molecule has 13 heteroatoms. The number of hydrogen-bond acceptors (Lipinski definition) is 7. The molecule has 0 aliphatic carbocycles. The molecule has 0 saturated heterocycles. The number of aromatic nitrogens is 2. The van der Waals surface area contributed by atoms with E-state index in [1.807, 2.05) is 13.8 Å². The molecule has 0 aromatic carbocycles. The zero-order valence-corrected chi connectivity index (χ0v) is 20.4. The second-order valence-electron chi connectivity index (χ2n) is 9.14. The lowest BCUT2D eigenvalue weighted by Gasteiger charge is -2.26. The standard InChI is InChI=1S/C22H36N6O7/c1-11(2)7-16(27-19(31)14(23)8-13-9-24-10-25-13)21(33)26-15(5-6-17(29)30)20(32)28-18(12(3)4)22(34)35/h9-12,14-16,18H,5-8,23H2,1-4H3,(H,24,25)(H,26,33)(H,27,31)(H,28,32)(H,29,30)(H,34,35). The molecule has 0 radical (unpaired) electrons. The Morgan fingerprint density at radius 1 is 0.971 bits per heavy atom. The lowest BCUT2D eigenvalue weighted by molar-refractivity contribution is -0.144. The number of aliphatic carboxylic acids is 2. The summed E-state index contributed by atoms with van der Waals surface area (Å²) in [6.07, 6.45) is 2.67. The van der Waals surface area contributed by atoms with Crippen molar-refractivity contribution in [2.45, 2.75) is 77.5 Å². The van der Waals surface area contributed by atoms with E-state index in [2.05, 4.69) is 25.9 Å². The van der Waals surface area contributed by atoms with Crippen molar-refractivity contribution in [3.05, 3.63) is 18.2 Å². The average Bonchev–Trinajstić information content (AvgIpc) is 3.25. The highest BCUT2D eigenvalue weighted by Crippen LogP contribution is 2.09. The maximum atomic E-state index is 13.0. The molecule has 4 unspecified atom stereocenters. The number of imidazole rings is 1. The van der Waals surface area contributed by atoms with E-state index >= 15 is 0 Å². The summed E-state index contributed by atoms with van der Waals surface area (Å²) in [5, 5.41) is 25.8. The molecule has 35 heavy (non-hydrogen) atoms. The van der Waals surface area contributed by atoms with Gasteiger partial charge in [0.1, 0.15) is 18.1 Å². The first-order valence-electron chi connectivity index (χ1n) is 11.4. The van der Waals surface area contributed by atoms with Crippen LogP contribution in [0.2, 0.25) is 0 Å². The van der Waals surface area contributed by atoms with Crippen LogP contribution in [-0.4, -0.2) is 74.0 Å². The van der Waals surface area contributed by atoms with E-state index < -0.39 is 66.2 Å². The fourth-order valence-corrected chi connectivity index (χ4v) is 3.28. The Balaban J connectivity index is 2.97. The molecule has 196 valence electrons. The Labute approximate surface area is 203 Å². The van der Waals surface area contributed by atoms with Crippen LogP contribution < -0.4 is 21.7 Å². The first-order chi connectivity index (χ1) is 16.3. The van der Waals surface area contributed by atoms with E-state index in [4.69, 9.17) is 10.8 Å². The number of amides is 3. The molecule has 1 rings (SSSR count). The molecule has 0 saturated carbocycles. The molecule has 3 amide bonds. The molecule has 0 fully saturated rings. The van der Waals surface area contributed by atoms with Crippen molar-refractivity contribution in [3.63, 3.8) is 0 Å². The molecule has 8 N–H and O–H groups in total. The monoisotopic (exact) mass is 496 g/mol. The number of rotatable bonds is 15. The number of hydrogen-bond donors (Lipinski definition) is 7. The van der Waals surface area contributed by atoms with Crippen LogP contribution in [-0.2, 0) is 30.4 Å². The zero-order valence-electron chi connectivity index (χ0n) is 20.4. The van der Waals surface area contributed by atoms with Crippen LogP contribution in [0.5, 0.6) is 0 Å². The average molecular weight is 497 g/mol. The van der Waals surface area contributed by atoms with Crippen LogP contribution in [0.15, 0.2) is 12.5 Å². The largest absolute Gasteiger partial charge is 0.481 e. The molecule has 0 aliphatic heterocycles. The highest BCUT2D eigenvalue weighted by atomic mass is 16.4. The van der Waals surface area contributed by atoms with Crippen LogP contribution in [0.1, 0.15) is 52.7 Å². The van der Waals surface area contributed by atoms with Gasteiger partial charge in [0.25, 0.3) is 0 Å². The smallest absolute Gasteiger partial charge is 0.326 e. The summed E-state index contributed by atoms with van der Waals surface area (Å²) in [5.74, 6) is -5.03. The molecule has 13 nitrogen and oxygen atoms in total. The third-order valence-corrected chi connectivity index (χ3v) is 5.18. The minimum absolute atomic E-state index is 0.0153. The molecule has 0 spiro atoms. The molecule has 0 aliphatic rings. The summed E-state index contributed by atoms with van der Waals surface area (Å²) in [6.45, 7) is 6.88. The van der Waals surface area contributed by atoms with Gasteiger partial charge in [-0.2, -0.15) is 0 Å². The summed E-state index contributed by atoms with van der Waals surface area (Å²) in [4.78, 5) is 67.6. The number of nitrogens with zero attached hydrogens (tertiary/aromatic N) is 1. The number of carbonyl (C=O) groups excluding carboxylic acids is 3. The first kappa shape index (κ1) is 29.6. The van der Waals surface area contributed by atoms with Crippen molar-refractivity contribution >= 4 is 29.7 Å². The van der Waals surface area contributed by atoms with Crippen molar-refractivity contribution in [1.29, 1.82) is 0 Å². The third-order valence-electron chi connectivity index (χ3n) is 5.18. The Hall–Kier alpha value is -3.48. The van der Waals surface area contributed by atoms with Crippen molar-refractivity contribution < 1.29 is 34.2 Å². The normalized spacial score (nSPS) is 14.6. The number of H-pyrrole nitrogens is 1. The van der Waals surface area contributed by atoms with Gasteiger partial charge >= 0.3 is 11.9 Å². The Bertz CT molecular complexity index is 872. The molecule has 1 heterocycles. The van der Waals surface area contributed by atoms with Gasteiger partial charge in [-0.25, -0.2) is 9.78 Å². The third kappa shape index (κ3) is 10.5. The maximum Gasteiger partial charge on any atom is 0.326 e. The fourth-order valence-electron chi connectivity index (χ4n) is 3.28. The number of aromatic amines is 1. The highest BCUT2D eigenvalue weighted by Gasteiger charge is 2.32. The second-order valence-corrected chi connectivity index (χ2v) is 9.14. The first-order valence-corrected chi connectivity index (χ1v) is 11.4. The summed E-state index contributed by atoms with van der Waals surface area (Å²) >= 11 is 0. The summed E-state index contributed by atoms with van der Waals surface area (Å²) in [5.41, 5.74) is 6.59. The Morgan fingerprint density at radius 3 is 2.06 bits per heavy atom. The van der Waals surface area contributed by atoms with Gasteiger partial charge in [0, 0.05) is 24.7 Å². The van der Waals surface area contributed by atoms with E-state index in [0.29, 0.717) is 5.69 Å². The molecule has 1 aromatic rings. The Morgan fingerprint density at radius 2 is 1.57 bits per heavy atom. The zero-order chi connectivity index (χ0) is 26.7. The predicted molar refractivity (Wildman–Crippen MR) is 125 cm³/mol. The van der Waals surface area contributed by atoms with Crippen LogP contribution in [0, 0.1) is 11.8 Å². The van der Waals surface area contributed by atoms with Gasteiger partial charge in [-0.05, 0) is 24.7 Å². The maximum absolute atomic E-state index is 13.0. The predicted octanol–water partition coefficient (Wildman–Crippen LogP) is -0.615. The number of carboxylic acids is 2. The molecular formula is C22H36N6O7. The molecule has 0 bridgehead atoms. The van der Waals surface area contributed by atoms with E-state index in [0.717, 1.165) is 0 Å². The van der Waals surface area contributed by atoms with Crippen LogP contribution >= 0.6 is 0 Å². The lowest BCUT2D eigenvalue weighted by atomic mass is 10.0. The van der Waals surface area contributed by atoms with E-state index in [-0.39, 0.29) is 25.2 Å². The summed E-state index contributed by atoms with van der Waals surface area (Å²) in [6, 6.07) is -4.55. The topological polar surface area (TPSA) is 217 Å². The van der Waals surface area contributed by atoms with Crippen LogP contribution in [0.4, 0.5) is 0 Å². The number of nitrogens with one attached hydrogen (secondary N) is 4. The van der Waals surface area contributed by atoms with Crippen LogP contribution in [0.3, 0.4) is 0 Å². The minimum Gasteiger partial charge on any atom is -0.481 e.